The number of para-hydroxylation sites is 2. The van der Waals surface area contributed by atoms with Gasteiger partial charge in [-0.1, -0.05) is 23.7 Å². The average Bonchev–Trinajstić information content (AvgIpc) is 3.35. The van der Waals surface area contributed by atoms with E-state index in [-0.39, 0.29) is 12.0 Å². The lowest BCUT2D eigenvalue weighted by Crippen LogP contribution is -2.18. The van der Waals surface area contributed by atoms with Crippen LogP contribution in [0.25, 0.3) is 10.1 Å². The van der Waals surface area contributed by atoms with E-state index >= 15 is 0 Å². The Morgan fingerprint density at radius 1 is 1.32 bits per heavy atom. The van der Waals surface area contributed by atoms with Gasteiger partial charge in [-0.25, -0.2) is 0 Å². The molecule has 1 aliphatic heterocycles. The summed E-state index contributed by atoms with van der Waals surface area (Å²) in [6, 6.07) is 12.9. The molecule has 2 aromatic carbocycles. The zero-order valence-corrected chi connectivity index (χ0v) is 16.9. The van der Waals surface area contributed by atoms with Crippen LogP contribution in [0.1, 0.15) is 22.5 Å². The van der Waals surface area contributed by atoms with E-state index in [2.05, 4.69) is 5.32 Å². The number of methoxy groups -OCH3 is 1. The summed E-state index contributed by atoms with van der Waals surface area (Å²) in [5.41, 5.74) is 0.608. The highest BCUT2D eigenvalue weighted by Crippen LogP contribution is 2.38. The van der Waals surface area contributed by atoms with Gasteiger partial charge >= 0.3 is 0 Å². The van der Waals surface area contributed by atoms with E-state index in [1.165, 1.54) is 11.3 Å². The Morgan fingerprint density at radius 2 is 2.18 bits per heavy atom. The Kier molecular flexibility index (Phi) is 5.71. The summed E-state index contributed by atoms with van der Waals surface area (Å²) in [4.78, 5) is 13.3. The van der Waals surface area contributed by atoms with E-state index in [1.807, 2.05) is 42.5 Å². The molecule has 1 N–H and O–H groups in total. The number of hydrogen-bond donors (Lipinski definition) is 1. The van der Waals surface area contributed by atoms with E-state index in [9.17, 15) is 4.79 Å². The van der Waals surface area contributed by atoms with Crippen LogP contribution in [0.3, 0.4) is 0 Å². The quantitative estimate of drug-likeness (QED) is 0.585. The summed E-state index contributed by atoms with van der Waals surface area (Å²) in [6.45, 7) is 1.25. The van der Waals surface area contributed by atoms with Gasteiger partial charge in [0, 0.05) is 16.7 Å². The summed E-state index contributed by atoms with van der Waals surface area (Å²) in [5, 5.41) is 4.20. The molecular weight excluding hydrogens is 398 g/mol. The Hall–Kier alpha value is -2.28. The summed E-state index contributed by atoms with van der Waals surface area (Å²) < 4.78 is 17.6. The highest BCUT2D eigenvalue weighted by molar-refractivity contribution is 7.21. The van der Waals surface area contributed by atoms with Crippen molar-refractivity contribution in [1.29, 1.82) is 0 Å². The molecule has 1 aromatic heterocycles. The van der Waals surface area contributed by atoms with Gasteiger partial charge < -0.3 is 19.5 Å². The summed E-state index contributed by atoms with van der Waals surface area (Å²) in [5.74, 6) is 1.08. The topological polar surface area (TPSA) is 56.8 Å². The molecule has 5 nitrogen and oxygen atoms in total. The molecule has 1 atom stereocenters. The molecule has 1 unspecified atom stereocenters. The minimum Gasteiger partial charge on any atom is -0.497 e. The first-order valence-electron chi connectivity index (χ1n) is 9.06. The maximum absolute atomic E-state index is 12.9. The lowest BCUT2D eigenvalue weighted by Gasteiger charge is -2.15. The zero-order chi connectivity index (χ0) is 19.5. The van der Waals surface area contributed by atoms with Crippen LogP contribution in [0.2, 0.25) is 5.02 Å². The van der Waals surface area contributed by atoms with Crippen molar-refractivity contribution in [1.82, 2.24) is 0 Å². The third-order valence-corrected chi connectivity index (χ3v) is 6.28. The van der Waals surface area contributed by atoms with Crippen molar-refractivity contribution in [3.8, 4) is 11.5 Å². The second-order valence-corrected chi connectivity index (χ2v) is 7.93. The standard InChI is InChI=1S/C21H20ClNO4S/c1-25-13-8-9-15-18(11-13)28-20(19(15)22)21(24)23-16-6-2-3-7-17(16)27-12-14-5-4-10-26-14/h2-3,6-9,11,14H,4-5,10,12H2,1H3,(H,23,24). The SMILES string of the molecule is COc1ccc2c(Cl)c(C(=O)Nc3ccccc3OCC3CCCO3)sc2c1. The number of thiophene rings is 1. The zero-order valence-electron chi connectivity index (χ0n) is 15.4. The number of fused-ring (bicyclic) bond motifs is 1. The van der Waals surface area contributed by atoms with E-state index in [0.29, 0.717) is 27.9 Å². The van der Waals surface area contributed by atoms with Gasteiger partial charge in [0.15, 0.2) is 0 Å². The van der Waals surface area contributed by atoms with Crippen molar-refractivity contribution in [2.24, 2.45) is 0 Å². The number of benzene rings is 2. The fourth-order valence-corrected chi connectivity index (χ4v) is 4.59. The Bertz CT molecular complexity index is 997. The lowest BCUT2D eigenvalue weighted by atomic mass is 10.2. The molecule has 146 valence electrons. The van der Waals surface area contributed by atoms with Crippen molar-refractivity contribution in [3.63, 3.8) is 0 Å². The van der Waals surface area contributed by atoms with Gasteiger partial charge in [-0.15, -0.1) is 11.3 Å². The summed E-state index contributed by atoms with van der Waals surface area (Å²) in [6.07, 6.45) is 2.16. The minimum atomic E-state index is -0.265. The van der Waals surface area contributed by atoms with E-state index in [1.54, 1.807) is 7.11 Å². The summed E-state index contributed by atoms with van der Waals surface area (Å²) >= 11 is 7.80. The normalized spacial score (nSPS) is 16.3. The molecule has 0 saturated carbocycles. The molecule has 0 aliphatic carbocycles. The van der Waals surface area contributed by atoms with Crippen molar-refractivity contribution in [3.05, 3.63) is 52.4 Å². The number of hydrogen-bond acceptors (Lipinski definition) is 5. The van der Waals surface area contributed by atoms with Crippen LogP contribution in [0, 0.1) is 0 Å². The van der Waals surface area contributed by atoms with Gasteiger partial charge in [-0.05, 0) is 43.2 Å². The first kappa shape index (κ1) is 19.1. The predicted molar refractivity (Wildman–Crippen MR) is 112 cm³/mol. The van der Waals surface area contributed by atoms with Crippen LogP contribution < -0.4 is 14.8 Å². The molecule has 2 heterocycles. The minimum absolute atomic E-state index is 0.107. The molecule has 3 aromatic rings. The van der Waals surface area contributed by atoms with E-state index < -0.39 is 0 Å². The molecule has 0 bridgehead atoms. The Balaban J connectivity index is 1.53. The van der Waals surface area contributed by atoms with Crippen molar-refractivity contribution in [2.45, 2.75) is 18.9 Å². The lowest BCUT2D eigenvalue weighted by molar-refractivity contribution is 0.0682. The highest BCUT2D eigenvalue weighted by Gasteiger charge is 2.20. The number of halogens is 1. The van der Waals surface area contributed by atoms with E-state index in [0.717, 1.165) is 35.3 Å². The number of carbonyl (C=O) groups is 1. The monoisotopic (exact) mass is 417 g/mol. The van der Waals surface area contributed by atoms with Gasteiger partial charge in [-0.3, -0.25) is 4.79 Å². The number of rotatable bonds is 6. The molecule has 0 spiro atoms. The number of ether oxygens (including phenoxy) is 3. The van der Waals surface area contributed by atoms with Crippen LogP contribution >= 0.6 is 22.9 Å². The molecule has 7 heteroatoms. The number of carbonyl (C=O) groups excluding carboxylic acids is 1. The van der Waals surface area contributed by atoms with Crippen molar-refractivity contribution >= 4 is 44.6 Å². The third kappa shape index (κ3) is 3.94. The highest BCUT2D eigenvalue weighted by atomic mass is 35.5. The third-order valence-electron chi connectivity index (χ3n) is 4.63. The average molecular weight is 418 g/mol. The van der Waals surface area contributed by atoms with Gasteiger partial charge in [0.2, 0.25) is 0 Å². The van der Waals surface area contributed by atoms with Gasteiger partial charge in [0.1, 0.15) is 23.0 Å². The summed E-state index contributed by atoms with van der Waals surface area (Å²) in [7, 11) is 1.61. The van der Waals surface area contributed by atoms with E-state index in [4.69, 9.17) is 25.8 Å². The number of anilines is 1. The maximum Gasteiger partial charge on any atom is 0.267 e. The molecule has 1 saturated heterocycles. The molecule has 1 amide bonds. The van der Waals surface area contributed by atoms with Gasteiger partial charge in [-0.2, -0.15) is 0 Å². The van der Waals surface area contributed by atoms with Crippen LogP contribution in [0.15, 0.2) is 42.5 Å². The fourth-order valence-electron chi connectivity index (χ4n) is 3.15. The largest absolute Gasteiger partial charge is 0.497 e. The molecule has 1 aliphatic rings. The van der Waals surface area contributed by atoms with Crippen LogP contribution in [-0.4, -0.2) is 32.3 Å². The Labute approximate surface area is 172 Å². The number of amides is 1. The maximum atomic E-state index is 12.9. The van der Waals surface area contributed by atoms with Crippen molar-refractivity contribution < 1.29 is 19.0 Å². The van der Waals surface area contributed by atoms with Crippen molar-refractivity contribution in [2.75, 3.05) is 25.6 Å². The Morgan fingerprint density at radius 3 is 2.96 bits per heavy atom. The first-order chi connectivity index (χ1) is 13.7. The second kappa shape index (κ2) is 8.39. The molecule has 4 rings (SSSR count). The predicted octanol–water partition coefficient (Wildman–Crippen LogP) is 5.37. The fraction of sp³-hybridized carbons (Fsp3) is 0.286. The van der Waals surface area contributed by atoms with Gasteiger partial charge in [0.25, 0.3) is 5.91 Å². The van der Waals surface area contributed by atoms with Crippen LogP contribution in [0.5, 0.6) is 11.5 Å². The number of nitrogens with one attached hydrogen (secondary N) is 1. The molecule has 0 radical (unpaired) electrons. The van der Waals surface area contributed by atoms with Gasteiger partial charge in [0.05, 0.1) is 23.9 Å². The smallest absolute Gasteiger partial charge is 0.267 e. The molecular formula is C21H20ClNO4S. The first-order valence-corrected chi connectivity index (χ1v) is 10.3. The molecule has 1 fully saturated rings. The van der Waals surface area contributed by atoms with Crippen LogP contribution in [-0.2, 0) is 4.74 Å². The molecule has 28 heavy (non-hydrogen) atoms. The van der Waals surface area contributed by atoms with Crippen LogP contribution in [0.4, 0.5) is 5.69 Å². The second-order valence-electron chi connectivity index (χ2n) is 6.50.